The third-order valence-corrected chi connectivity index (χ3v) is 3.50. The molecular formula is C13H21FN2S. The summed E-state index contributed by atoms with van der Waals surface area (Å²) < 4.78 is 13.7. The number of benzene rings is 1. The van der Waals surface area contributed by atoms with Crippen LogP contribution in [0.15, 0.2) is 23.1 Å². The van der Waals surface area contributed by atoms with E-state index in [4.69, 9.17) is 0 Å². The fraction of sp³-hybridized carbons (Fsp3) is 0.538. The zero-order chi connectivity index (χ0) is 12.7. The van der Waals surface area contributed by atoms with Crippen molar-refractivity contribution >= 4 is 11.8 Å². The van der Waals surface area contributed by atoms with Crippen molar-refractivity contribution in [2.24, 2.45) is 0 Å². The molecule has 0 fully saturated rings. The molecule has 0 saturated carbocycles. The van der Waals surface area contributed by atoms with E-state index >= 15 is 0 Å². The van der Waals surface area contributed by atoms with E-state index in [1.54, 1.807) is 17.8 Å². The molecule has 1 N–H and O–H groups in total. The normalized spacial score (nSPS) is 11.1. The maximum atomic E-state index is 13.7. The lowest BCUT2D eigenvalue weighted by atomic mass is 10.2. The lowest BCUT2D eigenvalue weighted by molar-refractivity contribution is 0.437. The topological polar surface area (TPSA) is 15.3 Å². The minimum Gasteiger partial charge on any atom is -0.313 e. The second-order valence-corrected chi connectivity index (χ2v) is 5.29. The van der Waals surface area contributed by atoms with Gasteiger partial charge in [-0.25, -0.2) is 4.39 Å². The van der Waals surface area contributed by atoms with Crippen LogP contribution in [0.2, 0.25) is 0 Å². The van der Waals surface area contributed by atoms with E-state index in [-0.39, 0.29) is 5.82 Å². The van der Waals surface area contributed by atoms with Gasteiger partial charge in [0.15, 0.2) is 0 Å². The largest absolute Gasteiger partial charge is 0.313 e. The number of nitrogens with zero attached hydrogens (tertiary/aromatic N) is 1. The highest BCUT2D eigenvalue weighted by Gasteiger charge is 2.08. The monoisotopic (exact) mass is 256 g/mol. The van der Waals surface area contributed by atoms with Crippen LogP contribution < -0.4 is 5.32 Å². The van der Waals surface area contributed by atoms with Crippen molar-refractivity contribution in [2.75, 3.05) is 32.9 Å². The van der Waals surface area contributed by atoms with E-state index in [0.29, 0.717) is 6.54 Å². The first-order valence-electron chi connectivity index (χ1n) is 5.90. The Labute approximate surface area is 108 Å². The van der Waals surface area contributed by atoms with Gasteiger partial charge in [0, 0.05) is 29.3 Å². The molecule has 1 rings (SSSR count). The van der Waals surface area contributed by atoms with Gasteiger partial charge in [-0.3, -0.25) is 0 Å². The number of halogens is 1. The van der Waals surface area contributed by atoms with Crippen molar-refractivity contribution in [3.8, 4) is 0 Å². The number of hydrogen-bond acceptors (Lipinski definition) is 3. The van der Waals surface area contributed by atoms with Gasteiger partial charge in [-0.1, -0.05) is 13.0 Å². The maximum absolute atomic E-state index is 13.7. The molecule has 0 aliphatic carbocycles. The lowest BCUT2D eigenvalue weighted by Crippen LogP contribution is -2.16. The van der Waals surface area contributed by atoms with Crippen molar-refractivity contribution < 1.29 is 4.39 Å². The van der Waals surface area contributed by atoms with E-state index in [9.17, 15) is 4.39 Å². The average Bonchev–Trinajstić information content (AvgIpc) is 2.28. The molecule has 4 heteroatoms. The highest BCUT2D eigenvalue weighted by molar-refractivity contribution is 7.99. The Bertz CT molecular complexity index is 342. The van der Waals surface area contributed by atoms with Gasteiger partial charge in [-0.2, -0.15) is 0 Å². The fourth-order valence-corrected chi connectivity index (χ4v) is 2.63. The molecule has 0 unspecified atom stereocenters. The Morgan fingerprint density at radius 2 is 2.12 bits per heavy atom. The standard InChI is InChI=1S/C13H21FN2S/c1-4-15-10-11-12(14)6-5-7-13(11)17-9-8-16(2)3/h5-7,15H,4,8-10H2,1-3H3. The average molecular weight is 256 g/mol. The molecule has 2 nitrogen and oxygen atoms in total. The van der Waals surface area contributed by atoms with Gasteiger partial charge in [0.25, 0.3) is 0 Å². The van der Waals surface area contributed by atoms with Crippen LogP contribution in [0.1, 0.15) is 12.5 Å². The van der Waals surface area contributed by atoms with E-state index in [1.165, 1.54) is 6.07 Å². The first kappa shape index (κ1) is 14.5. The summed E-state index contributed by atoms with van der Waals surface area (Å²) in [6.45, 7) is 4.49. The van der Waals surface area contributed by atoms with Crippen molar-refractivity contribution in [3.05, 3.63) is 29.6 Å². The van der Waals surface area contributed by atoms with Crippen molar-refractivity contribution in [3.63, 3.8) is 0 Å². The summed E-state index contributed by atoms with van der Waals surface area (Å²) in [4.78, 5) is 3.18. The summed E-state index contributed by atoms with van der Waals surface area (Å²) in [6.07, 6.45) is 0. The summed E-state index contributed by atoms with van der Waals surface area (Å²) in [5, 5.41) is 3.18. The van der Waals surface area contributed by atoms with Crippen molar-refractivity contribution in [1.82, 2.24) is 10.2 Å². The molecule has 0 bridgehead atoms. The molecular weight excluding hydrogens is 235 g/mol. The van der Waals surface area contributed by atoms with Crippen LogP contribution in [0.3, 0.4) is 0 Å². The summed E-state index contributed by atoms with van der Waals surface area (Å²) in [5.41, 5.74) is 0.790. The fourth-order valence-electron chi connectivity index (χ4n) is 1.43. The van der Waals surface area contributed by atoms with Crippen LogP contribution in [0.5, 0.6) is 0 Å². The van der Waals surface area contributed by atoms with Crippen LogP contribution in [0.25, 0.3) is 0 Å². The molecule has 1 aromatic rings. The van der Waals surface area contributed by atoms with Gasteiger partial charge < -0.3 is 10.2 Å². The van der Waals surface area contributed by atoms with Crippen LogP contribution in [-0.4, -0.2) is 37.8 Å². The first-order chi connectivity index (χ1) is 8.15. The molecule has 0 spiro atoms. The molecule has 0 saturated heterocycles. The van der Waals surface area contributed by atoms with E-state index in [1.807, 2.05) is 27.1 Å². The molecule has 0 heterocycles. The first-order valence-corrected chi connectivity index (χ1v) is 6.89. The van der Waals surface area contributed by atoms with Gasteiger partial charge in [0.1, 0.15) is 5.82 Å². The second kappa shape index (κ2) is 7.69. The maximum Gasteiger partial charge on any atom is 0.128 e. The zero-order valence-electron chi connectivity index (χ0n) is 10.8. The SMILES string of the molecule is CCNCc1c(F)cccc1SCCN(C)C. The minimum absolute atomic E-state index is 0.110. The Morgan fingerprint density at radius 3 is 2.76 bits per heavy atom. The molecule has 0 aliphatic heterocycles. The summed E-state index contributed by atoms with van der Waals surface area (Å²) in [6, 6.07) is 5.31. The van der Waals surface area contributed by atoms with E-state index < -0.39 is 0 Å². The third-order valence-electron chi connectivity index (χ3n) is 2.42. The number of nitrogens with one attached hydrogen (secondary N) is 1. The molecule has 96 valence electrons. The van der Waals surface area contributed by atoms with Gasteiger partial charge in [0.2, 0.25) is 0 Å². The third kappa shape index (κ3) is 5.06. The van der Waals surface area contributed by atoms with Crippen LogP contribution >= 0.6 is 11.8 Å². The van der Waals surface area contributed by atoms with Crippen molar-refractivity contribution in [2.45, 2.75) is 18.4 Å². The lowest BCUT2D eigenvalue weighted by Gasteiger charge is -2.12. The van der Waals surface area contributed by atoms with Crippen LogP contribution in [0, 0.1) is 5.82 Å². The van der Waals surface area contributed by atoms with Crippen molar-refractivity contribution in [1.29, 1.82) is 0 Å². The van der Waals surface area contributed by atoms with Crippen LogP contribution in [0.4, 0.5) is 4.39 Å². The summed E-state index contributed by atoms with van der Waals surface area (Å²) in [7, 11) is 4.09. The summed E-state index contributed by atoms with van der Waals surface area (Å²) in [5.74, 6) is 0.871. The highest BCUT2D eigenvalue weighted by atomic mass is 32.2. The van der Waals surface area contributed by atoms with E-state index in [0.717, 1.165) is 29.3 Å². The van der Waals surface area contributed by atoms with Gasteiger partial charge in [0.05, 0.1) is 0 Å². The smallest absolute Gasteiger partial charge is 0.128 e. The van der Waals surface area contributed by atoms with Gasteiger partial charge >= 0.3 is 0 Å². The summed E-state index contributed by atoms with van der Waals surface area (Å²) >= 11 is 1.72. The molecule has 0 aliphatic rings. The number of hydrogen-bond donors (Lipinski definition) is 1. The van der Waals surface area contributed by atoms with Gasteiger partial charge in [-0.15, -0.1) is 11.8 Å². The molecule has 0 aromatic heterocycles. The number of rotatable bonds is 7. The predicted molar refractivity (Wildman–Crippen MR) is 73.1 cm³/mol. The highest BCUT2D eigenvalue weighted by Crippen LogP contribution is 2.24. The molecule has 1 aromatic carbocycles. The molecule has 0 amide bonds. The minimum atomic E-state index is -0.110. The van der Waals surface area contributed by atoms with E-state index in [2.05, 4.69) is 10.2 Å². The van der Waals surface area contributed by atoms with Crippen LogP contribution in [-0.2, 0) is 6.54 Å². The Balaban J connectivity index is 2.65. The second-order valence-electron chi connectivity index (χ2n) is 4.15. The Hall–Kier alpha value is -0.580. The zero-order valence-corrected chi connectivity index (χ0v) is 11.6. The Morgan fingerprint density at radius 1 is 1.35 bits per heavy atom. The number of thioether (sulfide) groups is 1. The molecule has 0 atom stereocenters. The van der Waals surface area contributed by atoms with Gasteiger partial charge in [-0.05, 0) is 32.8 Å². The quantitative estimate of drug-likeness (QED) is 0.755. The predicted octanol–water partition coefficient (Wildman–Crippen LogP) is 2.59. The molecule has 17 heavy (non-hydrogen) atoms. The Kier molecular flexibility index (Phi) is 6.55. The molecule has 0 radical (unpaired) electrons.